The van der Waals surface area contributed by atoms with E-state index in [9.17, 15) is 18.0 Å². The fourth-order valence-electron chi connectivity index (χ4n) is 2.21. The van der Waals surface area contributed by atoms with Gasteiger partial charge in [-0.15, -0.1) is 0 Å². The Labute approximate surface area is 169 Å². The van der Waals surface area contributed by atoms with Crippen molar-refractivity contribution in [3.05, 3.63) is 35.4 Å². The van der Waals surface area contributed by atoms with Gasteiger partial charge in [-0.2, -0.15) is 13.2 Å². The van der Waals surface area contributed by atoms with E-state index >= 15 is 0 Å². The number of carbonyl (C=O) groups excluding carboxylic acids is 1. The van der Waals surface area contributed by atoms with Crippen LogP contribution in [0.5, 0.6) is 0 Å². The van der Waals surface area contributed by atoms with Gasteiger partial charge in [-0.3, -0.25) is 9.79 Å². The lowest BCUT2D eigenvalue weighted by molar-refractivity contribution is -0.137. The Hall–Kier alpha value is -2.33. The minimum Gasteiger partial charge on any atom is -0.382 e. The molecule has 29 heavy (non-hydrogen) atoms. The maximum atomic E-state index is 12.6. The number of carbonyl (C=O) groups is 1. The molecule has 0 spiro atoms. The summed E-state index contributed by atoms with van der Waals surface area (Å²) < 4.78 is 47.9. The van der Waals surface area contributed by atoms with Crippen LogP contribution in [0.3, 0.4) is 0 Å². The van der Waals surface area contributed by atoms with E-state index in [0.717, 1.165) is 30.7 Å². The molecular formula is C19H29F3N4O3. The number of aliphatic imine (C=N–C) groups is 1. The van der Waals surface area contributed by atoms with Gasteiger partial charge in [0.05, 0.1) is 18.8 Å². The third kappa shape index (κ3) is 10.7. The molecule has 1 aromatic rings. The number of alkyl halides is 3. The van der Waals surface area contributed by atoms with Crippen LogP contribution in [0.2, 0.25) is 0 Å². The highest BCUT2D eigenvalue weighted by atomic mass is 19.4. The smallest absolute Gasteiger partial charge is 0.382 e. The van der Waals surface area contributed by atoms with Gasteiger partial charge in [0, 0.05) is 45.5 Å². The first-order valence-corrected chi connectivity index (χ1v) is 9.42. The number of nitrogens with one attached hydrogen (secondary N) is 3. The molecule has 10 heteroatoms. The summed E-state index contributed by atoms with van der Waals surface area (Å²) in [6.07, 6.45) is -3.65. The molecule has 0 aliphatic heterocycles. The highest BCUT2D eigenvalue weighted by Crippen LogP contribution is 2.28. The van der Waals surface area contributed by atoms with Crippen LogP contribution < -0.4 is 16.0 Å². The first-order chi connectivity index (χ1) is 13.9. The van der Waals surface area contributed by atoms with E-state index in [2.05, 4.69) is 20.9 Å². The average Bonchev–Trinajstić information content (AvgIpc) is 2.69. The van der Waals surface area contributed by atoms with Crippen LogP contribution in [0.25, 0.3) is 0 Å². The largest absolute Gasteiger partial charge is 0.416 e. The summed E-state index contributed by atoms with van der Waals surface area (Å²) in [5.41, 5.74) is -0.613. The topological polar surface area (TPSA) is 84.0 Å². The minimum atomic E-state index is -4.42. The summed E-state index contributed by atoms with van der Waals surface area (Å²) in [6.45, 7) is 5.64. The first-order valence-electron chi connectivity index (χ1n) is 9.42. The molecule has 1 rings (SSSR count). The number of hydrogen-bond acceptors (Lipinski definition) is 4. The summed E-state index contributed by atoms with van der Waals surface area (Å²) in [7, 11) is 1.62. The highest BCUT2D eigenvalue weighted by molar-refractivity contribution is 5.94. The summed E-state index contributed by atoms with van der Waals surface area (Å²) in [5, 5.41) is 8.83. The molecule has 0 atom stereocenters. The van der Waals surface area contributed by atoms with E-state index in [1.54, 1.807) is 7.11 Å². The molecule has 0 aliphatic carbocycles. The quantitative estimate of drug-likeness (QED) is 0.275. The molecule has 0 unspecified atom stereocenters. The third-order valence-corrected chi connectivity index (χ3v) is 3.67. The SMILES string of the molecule is CCNC(=NCCCOCCOC)NCCNC(=O)c1ccc(C(F)(F)F)cc1. The number of ether oxygens (including phenoxy) is 2. The van der Waals surface area contributed by atoms with Crippen molar-refractivity contribution < 1.29 is 27.4 Å². The number of methoxy groups -OCH3 is 1. The number of nitrogens with zero attached hydrogens (tertiary/aromatic N) is 1. The van der Waals surface area contributed by atoms with Gasteiger partial charge < -0.3 is 25.4 Å². The normalized spacial score (nSPS) is 12.0. The molecule has 0 saturated heterocycles. The molecule has 0 fully saturated rings. The summed E-state index contributed by atoms with van der Waals surface area (Å²) >= 11 is 0. The van der Waals surface area contributed by atoms with Crippen molar-refractivity contribution in [3.8, 4) is 0 Å². The second-order valence-electron chi connectivity index (χ2n) is 5.98. The van der Waals surface area contributed by atoms with Gasteiger partial charge >= 0.3 is 6.18 Å². The van der Waals surface area contributed by atoms with E-state index in [0.29, 0.717) is 52.0 Å². The Morgan fingerprint density at radius 1 is 1.03 bits per heavy atom. The molecule has 0 bridgehead atoms. The lowest BCUT2D eigenvalue weighted by Crippen LogP contribution is -2.41. The van der Waals surface area contributed by atoms with E-state index < -0.39 is 17.6 Å². The zero-order valence-corrected chi connectivity index (χ0v) is 16.8. The number of halogens is 3. The highest BCUT2D eigenvalue weighted by Gasteiger charge is 2.30. The molecule has 7 nitrogen and oxygen atoms in total. The fraction of sp³-hybridized carbons (Fsp3) is 0.579. The van der Waals surface area contributed by atoms with Crippen LogP contribution in [-0.2, 0) is 15.7 Å². The zero-order chi connectivity index (χ0) is 21.5. The maximum Gasteiger partial charge on any atom is 0.416 e. The van der Waals surface area contributed by atoms with Gasteiger partial charge in [-0.05, 0) is 37.6 Å². The summed E-state index contributed by atoms with van der Waals surface area (Å²) in [5.74, 6) is 0.184. The van der Waals surface area contributed by atoms with Gasteiger partial charge in [0.1, 0.15) is 0 Å². The van der Waals surface area contributed by atoms with Crippen molar-refractivity contribution in [2.45, 2.75) is 19.5 Å². The second kappa shape index (κ2) is 13.8. The van der Waals surface area contributed by atoms with Gasteiger partial charge in [0.15, 0.2) is 5.96 Å². The van der Waals surface area contributed by atoms with Gasteiger partial charge in [-0.1, -0.05) is 0 Å². The lowest BCUT2D eigenvalue weighted by Gasteiger charge is -2.12. The van der Waals surface area contributed by atoms with Crippen molar-refractivity contribution in [1.82, 2.24) is 16.0 Å². The van der Waals surface area contributed by atoms with Crippen molar-refractivity contribution in [1.29, 1.82) is 0 Å². The Morgan fingerprint density at radius 2 is 1.72 bits per heavy atom. The monoisotopic (exact) mass is 418 g/mol. The standard InChI is InChI=1S/C19H29F3N4O3/c1-3-23-18(25-9-4-12-29-14-13-28-2)26-11-10-24-17(27)15-5-7-16(8-6-15)19(20,21)22/h5-8H,3-4,9-14H2,1-2H3,(H,24,27)(H2,23,25,26). The van der Waals surface area contributed by atoms with Crippen LogP contribution in [0.15, 0.2) is 29.3 Å². The number of guanidine groups is 1. The van der Waals surface area contributed by atoms with Crippen LogP contribution in [0.4, 0.5) is 13.2 Å². The number of rotatable bonds is 12. The summed E-state index contributed by atoms with van der Waals surface area (Å²) in [4.78, 5) is 16.4. The molecule has 0 heterocycles. The molecular weight excluding hydrogens is 389 g/mol. The number of hydrogen-bond donors (Lipinski definition) is 3. The predicted octanol–water partition coefficient (Wildman–Crippen LogP) is 2.04. The van der Waals surface area contributed by atoms with E-state index in [1.807, 2.05) is 6.92 Å². The van der Waals surface area contributed by atoms with Crippen LogP contribution >= 0.6 is 0 Å². The van der Waals surface area contributed by atoms with E-state index in [1.165, 1.54) is 0 Å². The zero-order valence-electron chi connectivity index (χ0n) is 16.8. The fourth-order valence-corrected chi connectivity index (χ4v) is 2.21. The second-order valence-corrected chi connectivity index (χ2v) is 5.98. The Bertz CT molecular complexity index is 622. The van der Waals surface area contributed by atoms with E-state index in [4.69, 9.17) is 9.47 Å². The first kappa shape index (κ1) is 24.7. The molecule has 0 saturated carbocycles. The molecule has 164 valence electrons. The lowest BCUT2D eigenvalue weighted by atomic mass is 10.1. The molecule has 1 amide bonds. The van der Waals surface area contributed by atoms with Crippen molar-refractivity contribution in [3.63, 3.8) is 0 Å². The Kier molecular flexibility index (Phi) is 11.7. The van der Waals surface area contributed by atoms with E-state index in [-0.39, 0.29) is 5.56 Å². The minimum absolute atomic E-state index is 0.173. The van der Waals surface area contributed by atoms with Crippen LogP contribution in [-0.4, -0.2) is 65.0 Å². The molecule has 1 aromatic carbocycles. The molecule has 0 aliphatic rings. The maximum absolute atomic E-state index is 12.6. The van der Waals surface area contributed by atoms with Crippen LogP contribution in [0, 0.1) is 0 Å². The Balaban J connectivity index is 2.31. The Morgan fingerprint density at radius 3 is 2.34 bits per heavy atom. The average molecular weight is 418 g/mol. The van der Waals surface area contributed by atoms with Crippen LogP contribution in [0.1, 0.15) is 29.3 Å². The van der Waals surface area contributed by atoms with Gasteiger partial charge in [-0.25, -0.2) is 0 Å². The summed E-state index contributed by atoms with van der Waals surface area (Å²) in [6, 6.07) is 4.10. The predicted molar refractivity (Wildman–Crippen MR) is 105 cm³/mol. The van der Waals surface area contributed by atoms with Gasteiger partial charge in [0.2, 0.25) is 0 Å². The van der Waals surface area contributed by atoms with Crippen molar-refractivity contribution >= 4 is 11.9 Å². The van der Waals surface area contributed by atoms with Gasteiger partial charge in [0.25, 0.3) is 5.91 Å². The van der Waals surface area contributed by atoms with Crippen molar-refractivity contribution in [2.24, 2.45) is 4.99 Å². The number of benzene rings is 1. The van der Waals surface area contributed by atoms with Crippen molar-refractivity contribution in [2.75, 3.05) is 53.1 Å². The number of amides is 1. The molecule has 3 N–H and O–H groups in total. The molecule has 0 radical (unpaired) electrons. The third-order valence-electron chi connectivity index (χ3n) is 3.67. The molecule has 0 aromatic heterocycles.